The Bertz CT molecular complexity index is 976. The van der Waals surface area contributed by atoms with Crippen LogP contribution in [0.15, 0.2) is 36.4 Å². The molecule has 0 aliphatic carbocycles. The fraction of sp³-hybridized carbons (Fsp3) is 0.333. The number of halogens is 1. The monoisotopic (exact) mass is 402 g/mol. The van der Waals surface area contributed by atoms with E-state index < -0.39 is 0 Å². The highest BCUT2D eigenvalue weighted by Crippen LogP contribution is 2.37. The van der Waals surface area contributed by atoms with Crippen molar-refractivity contribution >= 4 is 44.7 Å². The van der Waals surface area contributed by atoms with Crippen molar-refractivity contribution in [1.82, 2.24) is 4.98 Å². The van der Waals surface area contributed by atoms with Gasteiger partial charge >= 0.3 is 0 Å². The molecular formula is C21H23ClN2O2S. The highest BCUT2D eigenvalue weighted by Gasteiger charge is 2.20. The van der Waals surface area contributed by atoms with Gasteiger partial charge in [0.25, 0.3) is 0 Å². The van der Waals surface area contributed by atoms with Gasteiger partial charge in [-0.1, -0.05) is 20.8 Å². The summed E-state index contributed by atoms with van der Waals surface area (Å²) in [6, 6.07) is 11.9. The van der Waals surface area contributed by atoms with Crippen LogP contribution in [0.5, 0.6) is 5.75 Å². The Morgan fingerprint density at radius 3 is 2.67 bits per heavy atom. The van der Waals surface area contributed by atoms with Crippen LogP contribution in [0.4, 0.5) is 5.69 Å². The second-order valence-corrected chi connectivity index (χ2v) is 8.76. The van der Waals surface area contributed by atoms with Crippen molar-refractivity contribution < 1.29 is 9.53 Å². The van der Waals surface area contributed by atoms with E-state index in [0.717, 1.165) is 37.8 Å². The van der Waals surface area contributed by atoms with Gasteiger partial charge in [0, 0.05) is 29.1 Å². The molecule has 0 aliphatic heterocycles. The Morgan fingerprint density at radius 2 is 2.00 bits per heavy atom. The van der Waals surface area contributed by atoms with E-state index in [1.54, 1.807) is 18.4 Å². The van der Waals surface area contributed by atoms with Gasteiger partial charge in [0.1, 0.15) is 10.8 Å². The number of hydrogen-bond donors (Lipinski definition) is 1. The normalized spacial score (nSPS) is 11.6. The standard InChI is InChI=1S/C21H23ClN2O2S/c1-21(2,3)15-11-13(5-8-17(15)26-4)20-24-16-7-6-14(12-18(16)27-20)23-19(25)9-10-22/h5-8,11-12H,9-10H2,1-4H3,(H,23,25). The van der Waals surface area contributed by atoms with E-state index in [0.29, 0.717) is 12.3 Å². The zero-order valence-corrected chi connectivity index (χ0v) is 17.5. The minimum atomic E-state index is -0.0842. The minimum Gasteiger partial charge on any atom is -0.496 e. The zero-order chi connectivity index (χ0) is 19.6. The highest BCUT2D eigenvalue weighted by atomic mass is 35.5. The van der Waals surface area contributed by atoms with Gasteiger partial charge in [-0.05, 0) is 41.8 Å². The van der Waals surface area contributed by atoms with Crippen molar-refractivity contribution in [3.63, 3.8) is 0 Å². The van der Waals surface area contributed by atoms with Crippen LogP contribution in [0.25, 0.3) is 20.8 Å². The van der Waals surface area contributed by atoms with Crippen LogP contribution < -0.4 is 10.1 Å². The summed E-state index contributed by atoms with van der Waals surface area (Å²) >= 11 is 7.23. The summed E-state index contributed by atoms with van der Waals surface area (Å²) in [5.74, 6) is 1.11. The van der Waals surface area contributed by atoms with Crippen molar-refractivity contribution in [2.45, 2.75) is 32.6 Å². The van der Waals surface area contributed by atoms with Crippen LogP contribution in [0.3, 0.4) is 0 Å². The smallest absolute Gasteiger partial charge is 0.225 e. The Labute approximate surface area is 168 Å². The minimum absolute atomic E-state index is 0.0299. The number of carbonyl (C=O) groups excluding carboxylic acids is 1. The van der Waals surface area contributed by atoms with E-state index in [9.17, 15) is 4.79 Å². The molecule has 0 bridgehead atoms. The number of alkyl halides is 1. The van der Waals surface area contributed by atoms with Gasteiger partial charge < -0.3 is 10.1 Å². The first kappa shape index (κ1) is 19.6. The third kappa shape index (κ3) is 4.42. The zero-order valence-electron chi connectivity index (χ0n) is 15.9. The van der Waals surface area contributed by atoms with Crippen molar-refractivity contribution in [3.8, 4) is 16.3 Å². The molecule has 0 fully saturated rings. The molecule has 0 saturated heterocycles. The number of rotatable bonds is 5. The lowest BCUT2D eigenvalue weighted by Gasteiger charge is -2.22. The number of benzene rings is 2. The molecule has 0 aliphatic rings. The summed E-state index contributed by atoms with van der Waals surface area (Å²) in [7, 11) is 1.70. The van der Waals surface area contributed by atoms with Crippen molar-refractivity contribution in [2.24, 2.45) is 0 Å². The molecule has 0 unspecified atom stereocenters. The topological polar surface area (TPSA) is 51.2 Å². The summed E-state index contributed by atoms with van der Waals surface area (Å²) in [5, 5.41) is 3.81. The molecule has 1 heterocycles. The molecule has 0 radical (unpaired) electrons. The SMILES string of the molecule is COc1ccc(-c2nc3ccc(NC(=O)CCCl)cc3s2)cc1C(C)(C)C. The van der Waals surface area contributed by atoms with Gasteiger partial charge in [0.2, 0.25) is 5.91 Å². The Kier molecular flexibility index (Phi) is 5.72. The summed E-state index contributed by atoms with van der Waals surface area (Å²) in [4.78, 5) is 16.5. The average molecular weight is 403 g/mol. The van der Waals surface area contributed by atoms with Crippen LogP contribution in [0.1, 0.15) is 32.8 Å². The molecule has 0 spiro atoms. The highest BCUT2D eigenvalue weighted by molar-refractivity contribution is 7.21. The molecule has 3 rings (SSSR count). The summed E-state index contributed by atoms with van der Waals surface area (Å²) in [6.45, 7) is 6.51. The number of aromatic nitrogens is 1. The van der Waals surface area contributed by atoms with Crippen molar-refractivity contribution in [2.75, 3.05) is 18.3 Å². The van der Waals surface area contributed by atoms with E-state index in [1.807, 2.05) is 30.3 Å². The predicted octanol–water partition coefficient (Wildman–Crippen LogP) is 5.84. The second kappa shape index (κ2) is 7.87. The Morgan fingerprint density at radius 1 is 1.22 bits per heavy atom. The fourth-order valence-corrected chi connectivity index (χ4v) is 4.04. The predicted molar refractivity (Wildman–Crippen MR) is 114 cm³/mol. The lowest BCUT2D eigenvalue weighted by Crippen LogP contribution is -2.12. The molecule has 3 aromatic rings. The van der Waals surface area contributed by atoms with Gasteiger partial charge in [0.05, 0.1) is 17.3 Å². The number of anilines is 1. The third-order valence-electron chi connectivity index (χ3n) is 4.25. The number of ether oxygens (including phenoxy) is 1. The van der Waals surface area contributed by atoms with Crippen LogP contribution in [0, 0.1) is 0 Å². The number of carbonyl (C=O) groups is 1. The number of fused-ring (bicyclic) bond motifs is 1. The van der Waals surface area contributed by atoms with E-state index in [2.05, 4.69) is 32.2 Å². The van der Waals surface area contributed by atoms with Crippen molar-refractivity contribution in [3.05, 3.63) is 42.0 Å². The lowest BCUT2D eigenvalue weighted by molar-refractivity contribution is -0.115. The molecule has 142 valence electrons. The largest absolute Gasteiger partial charge is 0.496 e. The van der Waals surface area contributed by atoms with Crippen LogP contribution in [0.2, 0.25) is 0 Å². The van der Waals surface area contributed by atoms with E-state index in [1.165, 1.54) is 0 Å². The first-order chi connectivity index (χ1) is 12.8. The van der Waals surface area contributed by atoms with E-state index >= 15 is 0 Å². The molecule has 1 N–H and O–H groups in total. The average Bonchev–Trinajstić information content (AvgIpc) is 3.04. The van der Waals surface area contributed by atoms with Crippen LogP contribution in [-0.4, -0.2) is 23.9 Å². The van der Waals surface area contributed by atoms with Gasteiger partial charge in [-0.15, -0.1) is 22.9 Å². The van der Waals surface area contributed by atoms with Gasteiger partial charge in [-0.2, -0.15) is 0 Å². The van der Waals surface area contributed by atoms with Gasteiger partial charge in [-0.25, -0.2) is 4.98 Å². The Hall–Kier alpha value is -2.11. The van der Waals surface area contributed by atoms with E-state index in [-0.39, 0.29) is 11.3 Å². The molecule has 1 amide bonds. The van der Waals surface area contributed by atoms with Crippen LogP contribution in [-0.2, 0) is 10.2 Å². The summed E-state index contributed by atoms with van der Waals surface area (Å²) in [5.41, 5.74) is 3.86. The molecule has 27 heavy (non-hydrogen) atoms. The maximum Gasteiger partial charge on any atom is 0.225 e. The lowest BCUT2D eigenvalue weighted by atomic mass is 9.85. The van der Waals surface area contributed by atoms with Crippen molar-refractivity contribution in [1.29, 1.82) is 0 Å². The maximum absolute atomic E-state index is 11.7. The quantitative estimate of drug-likeness (QED) is 0.545. The molecular weight excluding hydrogens is 380 g/mol. The number of amides is 1. The summed E-state index contributed by atoms with van der Waals surface area (Å²) < 4.78 is 6.56. The van der Waals surface area contributed by atoms with Gasteiger partial charge in [0.15, 0.2) is 0 Å². The maximum atomic E-state index is 11.7. The Balaban J connectivity index is 1.97. The molecule has 0 atom stereocenters. The third-order valence-corrected chi connectivity index (χ3v) is 5.50. The second-order valence-electron chi connectivity index (χ2n) is 7.35. The first-order valence-corrected chi connectivity index (χ1v) is 10.1. The fourth-order valence-electron chi connectivity index (χ4n) is 2.86. The molecule has 2 aromatic carbocycles. The summed E-state index contributed by atoms with van der Waals surface area (Å²) in [6.07, 6.45) is 0.301. The molecule has 6 heteroatoms. The first-order valence-electron chi connectivity index (χ1n) is 8.77. The number of hydrogen-bond acceptors (Lipinski definition) is 4. The number of nitrogens with one attached hydrogen (secondary N) is 1. The van der Waals surface area contributed by atoms with Gasteiger partial charge in [-0.3, -0.25) is 4.79 Å². The molecule has 0 saturated carbocycles. The number of methoxy groups -OCH3 is 1. The van der Waals surface area contributed by atoms with E-state index in [4.69, 9.17) is 21.3 Å². The number of thiazole rings is 1. The number of nitrogens with zero attached hydrogens (tertiary/aromatic N) is 1. The van der Waals surface area contributed by atoms with Crippen LogP contribution >= 0.6 is 22.9 Å². The molecule has 1 aromatic heterocycles. The molecule has 4 nitrogen and oxygen atoms in total.